The standard InChI is InChI=1S/C21H34N4O3S/c1-17(2)16-23-11-13-25(14-12-23)21(26)19-15-18(29(27,28)22(3)4)7-8-20(19)24-9-5-6-10-24/h7-8,15,17H,5-6,9-14,16H2,1-4H3. The van der Waals surface area contributed by atoms with Gasteiger partial charge in [-0.05, 0) is 37.0 Å². The molecule has 7 nitrogen and oxygen atoms in total. The number of hydrogen-bond donors (Lipinski definition) is 0. The van der Waals surface area contributed by atoms with Crippen molar-refractivity contribution < 1.29 is 13.2 Å². The van der Waals surface area contributed by atoms with Crippen molar-refractivity contribution in [3.8, 4) is 0 Å². The van der Waals surface area contributed by atoms with E-state index in [4.69, 9.17) is 0 Å². The smallest absolute Gasteiger partial charge is 0.256 e. The van der Waals surface area contributed by atoms with Crippen molar-refractivity contribution in [2.75, 3.05) is 64.8 Å². The predicted octanol–water partition coefficient (Wildman–Crippen LogP) is 1.95. The van der Waals surface area contributed by atoms with Gasteiger partial charge < -0.3 is 9.80 Å². The number of carbonyl (C=O) groups excluding carboxylic acids is 1. The summed E-state index contributed by atoms with van der Waals surface area (Å²) >= 11 is 0. The van der Waals surface area contributed by atoms with E-state index >= 15 is 0 Å². The molecule has 2 aliphatic heterocycles. The molecule has 2 saturated heterocycles. The summed E-state index contributed by atoms with van der Waals surface area (Å²) < 4.78 is 26.5. The molecule has 0 aliphatic carbocycles. The Balaban J connectivity index is 1.88. The Morgan fingerprint density at radius 2 is 1.66 bits per heavy atom. The lowest BCUT2D eigenvalue weighted by Crippen LogP contribution is -2.49. The minimum absolute atomic E-state index is 0.0631. The van der Waals surface area contributed by atoms with Gasteiger partial charge in [0.1, 0.15) is 0 Å². The second-order valence-electron chi connectivity index (χ2n) is 8.65. The molecule has 2 heterocycles. The van der Waals surface area contributed by atoms with Gasteiger partial charge in [-0.1, -0.05) is 13.8 Å². The van der Waals surface area contributed by atoms with Crippen LogP contribution < -0.4 is 4.90 Å². The highest BCUT2D eigenvalue weighted by molar-refractivity contribution is 7.89. The molecule has 1 amide bonds. The van der Waals surface area contributed by atoms with Crippen molar-refractivity contribution in [2.24, 2.45) is 5.92 Å². The summed E-state index contributed by atoms with van der Waals surface area (Å²) in [7, 11) is -0.564. The van der Waals surface area contributed by atoms with Crippen molar-refractivity contribution in [1.29, 1.82) is 0 Å². The van der Waals surface area contributed by atoms with Crippen LogP contribution in [0.4, 0.5) is 5.69 Å². The van der Waals surface area contributed by atoms with Crippen molar-refractivity contribution in [3.63, 3.8) is 0 Å². The fourth-order valence-electron chi connectivity index (χ4n) is 4.11. The van der Waals surface area contributed by atoms with Gasteiger partial charge in [-0.3, -0.25) is 9.69 Å². The highest BCUT2D eigenvalue weighted by Gasteiger charge is 2.28. The van der Waals surface area contributed by atoms with Crippen LogP contribution in [0.5, 0.6) is 0 Å². The molecule has 8 heteroatoms. The lowest BCUT2D eigenvalue weighted by atomic mass is 10.1. The second-order valence-corrected chi connectivity index (χ2v) is 10.8. The van der Waals surface area contributed by atoms with Crippen LogP contribution in [0.2, 0.25) is 0 Å². The maximum atomic E-state index is 13.4. The van der Waals surface area contributed by atoms with Gasteiger partial charge >= 0.3 is 0 Å². The SMILES string of the molecule is CC(C)CN1CCN(C(=O)c2cc(S(=O)(=O)N(C)C)ccc2N2CCCC2)CC1. The molecule has 3 rings (SSSR count). The molecular formula is C21H34N4O3S. The third-order valence-corrected chi connectivity index (χ3v) is 7.52. The predicted molar refractivity (Wildman–Crippen MR) is 116 cm³/mol. The lowest BCUT2D eigenvalue weighted by molar-refractivity contribution is 0.0624. The van der Waals surface area contributed by atoms with Crippen molar-refractivity contribution in [2.45, 2.75) is 31.6 Å². The van der Waals surface area contributed by atoms with Crippen LogP contribution in [0.15, 0.2) is 23.1 Å². The molecule has 0 radical (unpaired) electrons. The second kappa shape index (κ2) is 9.02. The van der Waals surface area contributed by atoms with Crippen molar-refractivity contribution in [1.82, 2.24) is 14.1 Å². The number of amides is 1. The summed E-state index contributed by atoms with van der Waals surface area (Å²) in [6.45, 7) is 10.3. The number of nitrogens with zero attached hydrogens (tertiary/aromatic N) is 4. The van der Waals surface area contributed by atoms with Gasteiger partial charge in [0.15, 0.2) is 0 Å². The van der Waals surface area contributed by atoms with E-state index in [0.717, 1.165) is 51.3 Å². The summed E-state index contributed by atoms with van der Waals surface area (Å²) in [5, 5.41) is 0. The van der Waals surface area contributed by atoms with Crippen LogP contribution in [0.1, 0.15) is 37.0 Å². The number of rotatable bonds is 6. The van der Waals surface area contributed by atoms with Gasteiger partial charge in [-0.2, -0.15) is 0 Å². The third kappa shape index (κ3) is 4.92. The molecule has 0 unspecified atom stereocenters. The fraction of sp³-hybridized carbons (Fsp3) is 0.667. The zero-order chi connectivity index (χ0) is 21.2. The van der Waals surface area contributed by atoms with Gasteiger partial charge in [0.05, 0.1) is 10.5 Å². The number of sulfonamides is 1. The Kier molecular flexibility index (Phi) is 6.86. The maximum Gasteiger partial charge on any atom is 0.256 e. The van der Waals surface area contributed by atoms with E-state index in [1.54, 1.807) is 12.1 Å². The average molecular weight is 423 g/mol. The van der Waals surface area contributed by atoms with Gasteiger partial charge in [0.2, 0.25) is 10.0 Å². The first-order valence-corrected chi connectivity index (χ1v) is 12.0. The molecule has 0 spiro atoms. The van der Waals surface area contributed by atoms with Gasteiger partial charge in [0.25, 0.3) is 5.91 Å². The summed E-state index contributed by atoms with van der Waals surface area (Å²) in [5.41, 5.74) is 1.36. The van der Waals surface area contributed by atoms with Crippen LogP contribution in [0, 0.1) is 5.92 Å². The summed E-state index contributed by atoms with van der Waals surface area (Å²) in [6.07, 6.45) is 2.19. The topological polar surface area (TPSA) is 64.2 Å². The van der Waals surface area contributed by atoms with Gasteiger partial charge in [-0.15, -0.1) is 0 Å². The molecule has 1 aromatic rings. The zero-order valence-corrected chi connectivity index (χ0v) is 18.9. The molecule has 0 bridgehead atoms. The Labute approximate surface area is 175 Å². The minimum Gasteiger partial charge on any atom is -0.371 e. The van der Waals surface area contributed by atoms with E-state index in [0.29, 0.717) is 24.6 Å². The average Bonchev–Trinajstić information content (AvgIpc) is 3.21. The molecule has 0 aromatic heterocycles. The monoisotopic (exact) mass is 422 g/mol. The Morgan fingerprint density at radius 1 is 1.03 bits per heavy atom. The highest BCUT2D eigenvalue weighted by Crippen LogP contribution is 2.29. The summed E-state index contributed by atoms with van der Waals surface area (Å²) in [5.74, 6) is 0.541. The van der Waals surface area contributed by atoms with E-state index in [-0.39, 0.29) is 10.8 Å². The van der Waals surface area contributed by atoms with E-state index in [1.165, 1.54) is 18.4 Å². The van der Waals surface area contributed by atoms with Crippen LogP contribution >= 0.6 is 0 Å². The number of benzene rings is 1. The molecule has 162 valence electrons. The first-order valence-electron chi connectivity index (χ1n) is 10.5. The number of piperazine rings is 1. The van der Waals surface area contributed by atoms with Crippen LogP contribution in [0.25, 0.3) is 0 Å². The van der Waals surface area contributed by atoms with Crippen LogP contribution in [-0.2, 0) is 10.0 Å². The van der Waals surface area contributed by atoms with Gasteiger partial charge in [-0.25, -0.2) is 12.7 Å². The fourth-order valence-corrected chi connectivity index (χ4v) is 5.04. The van der Waals surface area contributed by atoms with Gasteiger partial charge in [0, 0.05) is 65.6 Å². The molecule has 2 fully saturated rings. The maximum absolute atomic E-state index is 13.4. The zero-order valence-electron chi connectivity index (χ0n) is 18.1. The number of carbonyl (C=O) groups is 1. The molecule has 1 aromatic carbocycles. The summed E-state index contributed by atoms with van der Waals surface area (Å²) in [4.78, 5) is 20.1. The van der Waals surface area contributed by atoms with E-state index in [9.17, 15) is 13.2 Å². The normalized spacial score (nSPS) is 18.8. The van der Waals surface area contributed by atoms with E-state index < -0.39 is 10.0 Å². The highest BCUT2D eigenvalue weighted by atomic mass is 32.2. The minimum atomic E-state index is -3.59. The van der Waals surface area contributed by atoms with E-state index in [1.807, 2.05) is 11.0 Å². The molecule has 0 atom stereocenters. The summed E-state index contributed by atoms with van der Waals surface area (Å²) in [6, 6.07) is 5.01. The molecule has 0 N–H and O–H groups in total. The largest absolute Gasteiger partial charge is 0.371 e. The number of hydrogen-bond acceptors (Lipinski definition) is 5. The Morgan fingerprint density at radius 3 is 2.21 bits per heavy atom. The Hall–Kier alpha value is -1.64. The first kappa shape index (κ1) is 22.1. The number of anilines is 1. The quantitative estimate of drug-likeness (QED) is 0.701. The molecule has 29 heavy (non-hydrogen) atoms. The molecular weight excluding hydrogens is 388 g/mol. The third-order valence-electron chi connectivity index (χ3n) is 5.71. The van der Waals surface area contributed by atoms with Crippen molar-refractivity contribution >= 4 is 21.6 Å². The first-order chi connectivity index (χ1) is 13.7. The molecule has 0 saturated carbocycles. The van der Waals surface area contributed by atoms with Crippen molar-refractivity contribution in [3.05, 3.63) is 23.8 Å². The van der Waals surface area contributed by atoms with Crippen LogP contribution in [0.3, 0.4) is 0 Å². The molecule has 2 aliphatic rings. The Bertz CT molecular complexity index is 824. The lowest BCUT2D eigenvalue weighted by Gasteiger charge is -2.36. The van der Waals surface area contributed by atoms with Crippen LogP contribution in [-0.4, -0.2) is 88.3 Å². The van der Waals surface area contributed by atoms with E-state index in [2.05, 4.69) is 23.6 Å².